The summed E-state index contributed by atoms with van der Waals surface area (Å²) in [5.74, 6) is 0. The first kappa shape index (κ1) is 17.5. The summed E-state index contributed by atoms with van der Waals surface area (Å²) in [4.78, 5) is 11.7. The highest BCUT2D eigenvalue weighted by Crippen LogP contribution is 2.26. The predicted octanol–water partition coefficient (Wildman–Crippen LogP) is 3.61. The van der Waals surface area contributed by atoms with Crippen LogP contribution in [0.2, 0.25) is 0 Å². The molecule has 1 rings (SSSR count). The molecular weight excluding hydrogens is 350 g/mol. The zero-order valence-corrected chi connectivity index (χ0v) is 13.9. The second-order valence-corrected chi connectivity index (χ2v) is 5.97. The lowest BCUT2D eigenvalue weighted by Gasteiger charge is -2.19. The maximum absolute atomic E-state index is 11.7. The van der Waals surface area contributed by atoms with Gasteiger partial charge in [0.25, 0.3) is 0 Å². The van der Waals surface area contributed by atoms with Crippen LogP contribution in [0.3, 0.4) is 0 Å². The van der Waals surface area contributed by atoms with Gasteiger partial charge in [-0.15, -0.1) is 0 Å². The van der Waals surface area contributed by atoms with Crippen LogP contribution in [-0.4, -0.2) is 17.4 Å². The molecule has 7 nitrogen and oxygen atoms in total. The number of rotatable bonds is 3. The van der Waals surface area contributed by atoms with Crippen molar-refractivity contribution in [2.75, 3.05) is 10.7 Å². The first-order chi connectivity index (χ1) is 10.2. The number of hydrogen-bond donors (Lipinski definition) is 2. The van der Waals surface area contributed by atoms with Crippen LogP contribution < -0.4 is 10.7 Å². The van der Waals surface area contributed by atoms with Gasteiger partial charge in [0, 0.05) is 10.2 Å². The third-order valence-electron chi connectivity index (χ3n) is 2.11. The van der Waals surface area contributed by atoms with Crippen LogP contribution in [0, 0.1) is 22.7 Å². The van der Waals surface area contributed by atoms with Crippen LogP contribution in [0.25, 0.3) is 0 Å². The van der Waals surface area contributed by atoms with Crippen molar-refractivity contribution in [1.29, 1.82) is 10.5 Å². The summed E-state index contributed by atoms with van der Waals surface area (Å²) in [6.45, 7) is 5.30. The second kappa shape index (κ2) is 7.43. The number of anilines is 2. The number of hydrazone groups is 1. The van der Waals surface area contributed by atoms with Crippen molar-refractivity contribution in [3.05, 3.63) is 22.7 Å². The molecule has 2 N–H and O–H groups in total. The Bertz CT molecular complexity index is 664. The smallest absolute Gasteiger partial charge is 0.412 e. The van der Waals surface area contributed by atoms with Crippen molar-refractivity contribution in [3.8, 4) is 12.1 Å². The maximum atomic E-state index is 11.7. The highest BCUT2D eigenvalue weighted by Gasteiger charge is 2.16. The lowest BCUT2D eigenvalue weighted by Crippen LogP contribution is -2.27. The molecule has 22 heavy (non-hydrogen) atoms. The van der Waals surface area contributed by atoms with Crippen molar-refractivity contribution >= 4 is 39.1 Å². The molecule has 0 fully saturated rings. The van der Waals surface area contributed by atoms with Gasteiger partial charge in [0.2, 0.25) is 5.71 Å². The standard InChI is InChI=1S/C14H14BrN5O2/c1-14(2,3)22-13(21)18-9-4-5-11(15)12(6-9)20-19-10(7-16)8-17/h4-6,20H,1-3H3,(H,18,21). The average Bonchev–Trinajstić information content (AvgIpc) is 2.41. The van der Waals surface area contributed by atoms with E-state index in [0.29, 0.717) is 15.8 Å². The van der Waals surface area contributed by atoms with Gasteiger partial charge < -0.3 is 4.74 Å². The Morgan fingerprint density at radius 1 is 1.32 bits per heavy atom. The number of nitriles is 2. The van der Waals surface area contributed by atoms with Crippen molar-refractivity contribution in [2.45, 2.75) is 26.4 Å². The number of amides is 1. The van der Waals surface area contributed by atoms with Gasteiger partial charge in [-0.05, 0) is 54.9 Å². The Morgan fingerprint density at radius 3 is 2.50 bits per heavy atom. The first-order valence-electron chi connectivity index (χ1n) is 6.18. The first-order valence-corrected chi connectivity index (χ1v) is 6.98. The highest BCUT2D eigenvalue weighted by atomic mass is 79.9. The molecule has 1 amide bonds. The topological polar surface area (TPSA) is 110 Å². The van der Waals surface area contributed by atoms with E-state index in [9.17, 15) is 4.79 Å². The third kappa shape index (κ3) is 5.81. The Kier molecular flexibility index (Phi) is 5.90. The summed E-state index contributed by atoms with van der Waals surface area (Å²) in [6.07, 6.45) is -0.584. The minimum absolute atomic E-state index is 0.308. The van der Waals surface area contributed by atoms with Crippen LogP contribution in [0.4, 0.5) is 16.2 Å². The maximum Gasteiger partial charge on any atom is 0.412 e. The molecule has 0 unspecified atom stereocenters. The third-order valence-corrected chi connectivity index (χ3v) is 2.80. The van der Waals surface area contributed by atoms with Gasteiger partial charge in [0.05, 0.1) is 5.69 Å². The van der Waals surface area contributed by atoms with Crippen molar-refractivity contribution in [1.82, 2.24) is 0 Å². The monoisotopic (exact) mass is 363 g/mol. The zero-order valence-electron chi connectivity index (χ0n) is 12.3. The van der Waals surface area contributed by atoms with Gasteiger partial charge in [-0.2, -0.15) is 15.6 Å². The van der Waals surface area contributed by atoms with Gasteiger partial charge in [-0.3, -0.25) is 10.7 Å². The summed E-state index contributed by atoms with van der Waals surface area (Å²) in [5.41, 5.74) is 2.64. The molecule has 0 bridgehead atoms. The molecule has 0 saturated carbocycles. The van der Waals surface area contributed by atoms with Crippen molar-refractivity contribution < 1.29 is 9.53 Å². The number of nitrogens with one attached hydrogen (secondary N) is 2. The summed E-state index contributed by atoms with van der Waals surface area (Å²) in [7, 11) is 0. The molecule has 0 aliphatic rings. The molecule has 0 aliphatic carbocycles. The van der Waals surface area contributed by atoms with Gasteiger partial charge in [-0.25, -0.2) is 4.79 Å². The van der Waals surface area contributed by atoms with Gasteiger partial charge in [0.1, 0.15) is 17.7 Å². The molecule has 8 heteroatoms. The average molecular weight is 364 g/mol. The van der Waals surface area contributed by atoms with Crippen LogP contribution in [0.1, 0.15) is 20.8 Å². The number of benzene rings is 1. The Hall–Kier alpha value is -2.58. The second-order valence-electron chi connectivity index (χ2n) is 5.12. The van der Waals surface area contributed by atoms with E-state index in [1.165, 1.54) is 0 Å². The minimum atomic E-state index is -0.598. The fourth-order valence-corrected chi connectivity index (χ4v) is 1.64. The van der Waals surface area contributed by atoms with E-state index >= 15 is 0 Å². The molecule has 0 aliphatic heterocycles. The SMILES string of the molecule is CC(C)(C)OC(=O)Nc1ccc(Br)c(NN=C(C#N)C#N)c1. The number of hydrogen-bond acceptors (Lipinski definition) is 6. The highest BCUT2D eigenvalue weighted by molar-refractivity contribution is 9.10. The Balaban J connectivity index is 2.87. The molecule has 0 saturated heterocycles. The van der Waals surface area contributed by atoms with Gasteiger partial charge in [-0.1, -0.05) is 0 Å². The molecule has 0 aromatic heterocycles. The largest absolute Gasteiger partial charge is 0.444 e. The number of carbonyl (C=O) groups excluding carboxylic acids is 1. The van der Waals surface area contributed by atoms with E-state index in [0.717, 1.165) is 0 Å². The number of ether oxygens (including phenoxy) is 1. The Morgan fingerprint density at radius 2 is 1.95 bits per heavy atom. The Labute approximate surface area is 136 Å². The van der Waals surface area contributed by atoms with E-state index in [1.54, 1.807) is 51.1 Å². The molecule has 0 spiro atoms. The fraction of sp³-hybridized carbons (Fsp3) is 0.286. The normalized spacial score (nSPS) is 9.91. The fourth-order valence-electron chi connectivity index (χ4n) is 1.30. The van der Waals surface area contributed by atoms with Crippen LogP contribution in [0.5, 0.6) is 0 Å². The molecule has 0 radical (unpaired) electrons. The molecule has 0 heterocycles. The van der Waals surface area contributed by atoms with E-state index < -0.39 is 11.7 Å². The minimum Gasteiger partial charge on any atom is -0.444 e. The molecule has 114 valence electrons. The quantitative estimate of drug-likeness (QED) is 0.629. The summed E-state index contributed by atoms with van der Waals surface area (Å²) in [5, 5.41) is 23.5. The lowest BCUT2D eigenvalue weighted by atomic mass is 10.2. The van der Waals surface area contributed by atoms with Crippen LogP contribution in [0.15, 0.2) is 27.8 Å². The molecule has 0 atom stereocenters. The van der Waals surface area contributed by atoms with Gasteiger partial charge >= 0.3 is 6.09 Å². The van der Waals surface area contributed by atoms with E-state index in [2.05, 4.69) is 31.8 Å². The number of nitrogens with zero attached hydrogens (tertiary/aromatic N) is 3. The number of halogens is 1. The summed E-state index contributed by atoms with van der Waals surface area (Å²) < 4.78 is 5.80. The number of carbonyl (C=O) groups is 1. The molecular formula is C14H14BrN5O2. The summed E-state index contributed by atoms with van der Waals surface area (Å²) in [6, 6.07) is 8.21. The summed E-state index contributed by atoms with van der Waals surface area (Å²) >= 11 is 3.30. The van der Waals surface area contributed by atoms with Crippen molar-refractivity contribution in [2.24, 2.45) is 5.10 Å². The van der Waals surface area contributed by atoms with Gasteiger partial charge in [0.15, 0.2) is 0 Å². The van der Waals surface area contributed by atoms with Crippen LogP contribution in [-0.2, 0) is 4.74 Å². The lowest BCUT2D eigenvalue weighted by molar-refractivity contribution is 0.0636. The van der Waals surface area contributed by atoms with E-state index in [1.807, 2.05) is 0 Å². The van der Waals surface area contributed by atoms with E-state index in [-0.39, 0.29) is 5.71 Å². The van der Waals surface area contributed by atoms with E-state index in [4.69, 9.17) is 15.3 Å². The molecule has 1 aromatic rings. The zero-order chi connectivity index (χ0) is 16.8. The van der Waals surface area contributed by atoms with Crippen LogP contribution >= 0.6 is 15.9 Å². The predicted molar refractivity (Wildman–Crippen MR) is 86.3 cm³/mol. The van der Waals surface area contributed by atoms with Crippen molar-refractivity contribution in [3.63, 3.8) is 0 Å². The molecule has 1 aromatic carbocycles.